The van der Waals surface area contributed by atoms with E-state index in [9.17, 15) is 13.6 Å². The molecule has 2 aliphatic rings. The number of anilines is 1. The third kappa shape index (κ3) is 6.53. The molecule has 2 aliphatic heterocycles. The van der Waals surface area contributed by atoms with E-state index in [4.69, 9.17) is 23.2 Å². The lowest BCUT2D eigenvalue weighted by atomic mass is 9.86. The fraction of sp³-hybridized carbons (Fsp3) is 0.552. The number of hydrogen-bond donors (Lipinski definition) is 3. The van der Waals surface area contributed by atoms with Crippen LogP contribution in [-0.4, -0.2) is 80.6 Å². The van der Waals surface area contributed by atoms with E-state index in [1.54, 1.807) is 4.90 Å². The number of aromatic nitrogens is 4. The molecule has 0 spiro atoms. The molecule has 3 N–H and O–H groups in total. The van der Waals surface area contributed by atoms with Crippen molar-refractivity contribution >= 4 is 45.8 Å². The number of benzene rings is 1. The Balaban J connectivity index is 1.43. The molecule has 0 aliphatic carbocycles. The van der Waals surface area contributed by atoms with E-state index < -0.39 is 6.43 Å². The molecule has 1 aromatic carbocycles. The van der Waals surface area contributed by atoms with Crippen LogP contribution in [0.2, 0.25) is 10.2 Å². The largest absolute Gasteiger partial charge is 0.373 e. The number of likely N-dealkylation sites (tertiary alicyclic amines) is 2. The summed E-state index contributed by atoms with van der Waals surface area (Å²) in [4.78, 5) is 22.0. The molecule has 42 heavy (non-hydrogen) atoms. The van der Waals surface area contributed by atoms with Crippen LogP contribution in [0.4, 0.5) is 14.6 Å². The minimum atomic E-state index is -2.43. The number of H-pyrrole nitrogens is 1. The Labute approximate surface area is 254 Å². The Morgan fingerprint density at radius 1 is 1.24 bits per heavy atom. The predicted octanol–water partition coefficient (Wildman–Crippen LogP) is 5.83. The van der Waals surface area contributed by atoms with Crippen LogP contribution in [0.3, 0.4) is 0 Å². The number of nitrogens with zero attached hydrogens (tertiary/aromatic N) is 5. The molecule has 4 heterocycles. The SMILES string of the molecule is CC=CN1CC(NC(=O)c2c(Cl)nc(CNc3n[nH]c4cc(Cl)c(C(C)(C)C)cc34)n2C2CCCN(CC(F)F)C2)C1. The van der Waals surface area contributed by atoms with Crippen molar-refractivity contribution in [2.75, 3.05) is 38.0 Å². The van der Waals surface area contributed by atoms with E-state index in [2.05, 4.69) is 51.5 Å². The number of carbonyl (C=O) groups is 1. The number of rotatable bonds is 9. The van der Waals surface area contributed by atoms with Crippen molar-refractivity contribution in [2.24, 2.45) is 0 Å². The van der Waals surface area contributed by atoms with Gasteiger partial charge < -0.3 is 20.1 Å². The minimum Gasteiger partial charge on any atom is -0.373 e. The predicted molar refractivity (Wildman–Crippen MR) is 163 cm³/mol. The van der Waals surface area contributed by atoms with Gasteiger partial charge >= 0.3 is 0 Å². The number of halogens is 4. The van der Waals surface area contributed by atoms with E-state index in [-0.39, 0.29) is 47.3 Å². The van der Waals surface area contributed by atoms with Crippen molar-refractivity contribution in [3.05, 3.63) is 51.7 Å². The average molecular weight is 624 g/mol. The second kappa shape index (κ2) is 12.4. The van der Waals surface area contributed by atoms with Gasteiger partial charge in [-0.15, -0.1) is 0 Å². The maximum Gasteiger partial charge on any atom is 0.271 e. The number of nitrogens with one attached hydrogen (secondary N) is 3. The van der Waals surface area contributed by atoms with Gasteiger partial charge in [0.05, 0.1) is 24.6 Å². The second-order valence-corrected chi connectivity index (χ2v) is 12.9. The molecule has 9 nitrogen and oxygen atoms in total. The number of allylic oxidation sites excluding steroid dienone is 1. The van der Waals surface area contributed by atoms with Gasteiger partial charge in [-0.2, -0.15) is 5.10 Å². The number of fused-ring (bicyclic) bond motifs is 1. The monoisotopic (exact) mass is 622 g/mol. The summed E-state index contributed by atoms with van der Waals surface area (Å²) >= 11 is 13.2. The van der Waals surface area contributed by atoms with Crippen molar-refractivity contribution in [3.8, 4) is 0 Å². The zero-order valence-electron chi connectivity index (χ0n) is 24.4. The molecule has 0 radical (unpaired) electrons. The molecule has 5 rings (SSSR count). The quantitative estimate of drug-likeness (QED) is 0.278. The van der Waals surface area contributed by atoms with Crippen molar-refractivity contribution in [1.29, 1.82) is 0 Å². The lowest BCUT2D eigenvalue weighted by Gasteiger charge is -2.39. The first-order valence-corrected chi connectivity index (χ1v) is 15.1. The normalized spacial score (nSPS) is 18.8. The van der Waals surface area contributed by atoms with Crippen molar-refractivity contribution in [2.45, 2.75) is 71.0 Å². The number of carbonyl (C=O) groups excluding carboxylic acids is 1. The fourth-order valence-corrected chi connectivity index (χ4v) is 6.59. The summed E-state index contributed by atoms with van der Waals surface area (Å²) in [7, 11) is 0. The molecular weight excluding hydrogens is 585 g/mol. The van der Waals surface area contributed by atoms with E-state index in [0.29, 0.717) is 42.8 Å². The van der Waals surface area contributed by atoms with Crippen LogP contribution < -0.4 is 10.6 Å². The van der Waals surface area contributed by atoms with Crippen LogP contribution in [-0.2, 0) is 12.0 Å². The molecule has 228 valence electrons. The lowest BCUT2D eigenvalue weighted by Crippen LogP contribution is -2.57. The molecule has 1 atom stereocenters. The van der Waals surface area contributed by atoms with Gasteiger partial charge in [-0.1, -0.05) is 50.0 Å². The minimum absolute atomic E-state index is 0.0179. The highest BCUT2D eigenvalue weighted by Crippen LogP contribution is 2.35. The van der Waals surface area contributed by atoms with Gasteiger partial charge in [0.2, 0.25) is 0 Å². The van der Waals surface area contributed by atoms with E-state index >= 15 is 0 Å². The highest BCUT2D eigenvalue weighted by Gasteiger charge is 2.33. The Hall–Kier alpha value is -2.89. The number of piperidine rings is 1. The topological polar surface area (TPSA) is 94.1 Å². The summed E-state index contributed by atoms with van der Waals surface area (Å²) in [5.41, 5.74) is 1.88. The Kier molecular flexibility index (Phi) is 9.01. The Bertz CT molecular complexity index is 1460. The molecule has 1 unspecified atom stereocenters. The van der Waals surface area contributed by atoms with Gasteiger partial charge in [-0.05, 0) is 55.6 Å². The summed E-state index contributed by atoms with van der Waals surface area (Å²) in [5, 5.41) is 15.6. The average Bonchev–Trinajstić information content (AvgIpc) is 3.44. The molecule has 3 aromatic rings. The van der Waals surface area contributed by atoms with Crippen LogP contribution in [0, 0.1) is 0 Å². The second-order valence-electron chi connectivity index (χ2n) is 12.1. The Morgan fingerprint density at radius 2 is 2.00 bits per heavy atom. The number of hydrogen-bond acceptors (Lipinski definition) is 6. The lowest BCUT2D eigenvalue weighted by molar-refractivity contribution is 0.0647. The third-order valence-corrected chi connectivity index (χ3v) is 8.45. The first kappa shape index (κ1) is 30.6. The summed E-state index contributed by atoms with van der Waals surface area (Å²) in [5.74, 6) is 0.842. The maximum atomic E-state index is 13.6. The van der Waals surface area contributed by atoms with Crippen LogP contribution in [0.25, 0.3) is 10.9 Å². The first-order valence-electron chi connectivity index (χ1n) is 14.3. The summed E-state index contributed by atoms with van der Waals surface area (Å²) in [6.07, 6.45) is 2.95. The van der Waals surface area contributed by atoms with Gasteiger partial charge in [0.1, 0.15) is 11.5 Å². The molecule has 2 saturated heterocycles. The van der Waals surface area contributed by atoms with Crippen LogP contribution >= 0.6 is 23.2 Å². The van der Waals surface area contributed by atoms with Crippen LogP contribution in [0.1, 0.15) is 68.5 Å². The van der Waals surface area contributed by atoms with E-state index in [1.165, 1.54) is 0 Å². The molecule has 1 amide bonds. The summed E-state index contributed by atoms with van der Waals surface area (Å²) in [6, 6.07) is 3.64. The van der Waals surface area contributed by atoms with Gasteiger partial charge in [-0.3, -0.25) is 14.8 Å². The van der Waals surface area contributed by atoms with E-state index in [0.717, 1.165) is 29.3 Å². The molecule has 0 bridgehead atoms. The maximum absolute atomic E-state index is 13.6. The number of alkyl halides is 2. The molecule has 2 fully saturated rings. The third-order valence-electron chi connectivity index (χ3n) is 7.88. The molecular formula is C29H38Cl2F2N8O. The van der Waals surface area contributed by atoms with E-state index in [1.807, 2.05) is 35.9 Å². The molecule has 2 aromatic heterocycles. The van der Waals surface area contributed by atoms with Crippen molar-refractivity contribution in [3.63, 3.8) is 0 Å². The zero-order chi connectivity index (χ0) is 30.2. The molecule has 13 heteroatoms. The number of imidazole rings is 1. The summed E-state index contributed by atoms with van der Waals surface area (Å²) in [6.45, 7) is 10.5. The van der Waals surface area contributed by atoms with Crippen LogP contribution in [0.15, 0.2) is 24.4 Å². The fourth-order valence-electron chi connectivity index (χ4n) is 5.87. The first-order chi connectivity index (χ1) is 19.9. The number of aromatic amines is 1. The molecule has 0 saturated carbocycles. The van der Waals surface area contributed by atoms with Gasteiger partial charge in [-0.25, -0.2) is 13.8 Å². The zero-order valence-corrected chi connectivity index (χ0v) is 25.9. The van der Waals surface area contributed by atoms with Crippen molar-refractivity contribution < 1.29 is 13.6 Å². The van der Waals surface area contributed by atoms with Gasteiger partial charge in [0.25, 0.3) is 12.3 Å². The standard InChI is InChI=1S/C29H38Cl2F2N8O/c1-5-8-39-13-17(14-39)35-28(42)25-26(31)36-24(41(25)18-7-6-9-40(15-18)16-23(32)33)12-34-27-19-10-20(29(2,3)4)21(30)11-22(19)37-38-27/h5,8,10-11,17-18,23H,6-7,9,12-16H2,1-4H3,(H,35,42)(H2,34,37,38). The van der Waals surface area contributed by atoms with Gasteiger partial charge in [0, 0.05) is 36.1 Å². The number of amides is 1. The summed E-state index contributed by atoms with van der Waals surface area (Å²) < 4.78 is 28.4. The van der Waals surface area contributed by atoms with Gasteiger partial charge in [0.15, 0.2) is 11.0 Å². The van der Waals surface area contributed by atoms with Crippen molar-refractivity contribution in [1.82, 2.24) is 34.9 Å². The smallest absolute Gasteiger partial charge is 0.271 e. The highest BCUT2D eigenvalue weighted by atomic mass is 35.5. The van der Waals surface area contributed by atoms with Crippen LogP contribution in [0.5, 0.6) is 0 Å². The Morgan fingerprint density at radius 3 is 2.69 bits per heavy atom. The highest BCUT2D eigenvalue weighted by molar-refractivity contribution is 6.32.